The molecule has 1 heterocycles. The Morgan fingerprint density at radius 1 is 1.21 bits per heavy atom. The predicted octanol–water partition coefficient (Wildman–Crippen LogP) is 5.98. The van der Waals surface area contributed by atoms with Crippen LogP contribution in [0.5, 0.6) is 5.88 Å². The average Bonchev–Trinajstić information content (AvgIpc) is 3.36. The molecule has 0 aliphatic heterocycles. The van der Waals surface area contributed by atoms with E-state index in [0.29, 0.717) is 0 Å². The van der Waals surface area contributed by atoms with E-state index >= 15 is 4.39 Å². The normalized spacial score (nSPS) is 12.3. The molecule has 8 nitrogen and oxygen atoms in total. The zero-order valence-electron chi connectivity index (χ0n) is 21.0. The van der Waals surface area contributed by atoms with Gasteiger partial charge in [-0.3, -0.25) is 10.2 Å². The Balaban J connectivity index is 1.80. The highest BCUT2D eigenvalue weighted by molar-refractivity contribution is 5.93. The van der Waals surface area contributed by atoms with Crippen LogP contribution in [-0.4, -0.2) is 35.8 Å². The van der Waals surface area contributed by atoms with Crippen LogP contribution in [0.4, 0.5) is 22.4 Å². The molecule has 0 fully saturated rings. The van der Waals surface area contributed by atoms with Gasteiger partial charge in [0.1, 0.15) is 5.82 Å². The summed E-state index contributed by atoms with van der Waals surface area (Å²) in [6.07, 6.45) is -1.83. The second-order valence-electron chi connectivity index (χ2n) is 8.09. The minimum Gasteiger partial charge on any atom is -0.479 e. The maximum atomic E-state index is 15.1. The molecule has 0 radical (unpaired) electrons. The van der Waals surface area contributed by atoms with Crippen LogP contribution in [0.2, 0.25) is 0 Å². The third-order valence-corrected chi connectivity index (χ3v) is 5.56. The van der Waals surface area contributed by atoms with E-state index in [9.17, 15) is 22.8 Å². The number of hydrogen-bond acceptors (Lipinski definition) is 5. The summed E-state index contributed by atoms with van der Waals surface area (Å²) in [4.78, 5) is 25.0. The Labute approximate surface area is 216 Å². The van der Waals surface area contributed by atoms with Gasteiger partial charge in [0.15, 0.2) is 0 Å². The molecular formula is C26H26F4N4O4. The lowest BCUT2D eigenvalue weighted by molar-refractivity contribution is -0.137. The largest absolute Gasteiger partial charge is 0.479 e. The number of hydrazine groups is 1. The number of halogens is 4. The van der Waals surface area contributed by atoms with E-state index in [-0.39, 0.29) is 40.4 Å². The van der Waals surface area contributed by atoms with Gasteiger partial charge in [-0.1, -0.05) is 42.5 Å². The third-order valence-electron chi connectivity index (χ3n) is 5.56. The van der Waals surface area contributed by atoms with Gasteiger partial charge in [-0.25, -0.2) is 14.2 Å². The Bertz CT molecular complexity index is 1340. The summed E-state index contributed by atoms with van der Waals surface area (Å²) < 4.78 is 66.4. The molecule has 0 aliphatic carbocycles. The van der Waals surface area contributed by atoms with Crippen molar-refractivity contribution in [2.24, 2.45) is 0 Å². The molecule has 0 spiro atoms. The number of amides is 3. The molecule has 0 saturated heterocycles. The smallest absolute Gasteiger partial charge is 0.417 e. The number of hydrogen-bond donors (Lipinski definition) is 2. The highest BCUT2D eigenvalue weighted by atomic mass is 19.4. The first kappa shape index (κ1) is 28.2. The van der Waals surface area contributed by atoms with E-state index < -0.39 is 35.5 Å². The van der Waals surface area contributed by atoms with Crippen molar-refractivity contribution >= 4 is 18.0 Å². The molecule has 38 heavy (non-hydrogen) atoms. The van der Waals surface area contributed by atoms with E-state index in [4.69, 9.17) is 9.26 Å². The maximum absolute atomic E-state index is 15.1. The topological polar surface area (TPSA) is 96.7 Å². The van der Waals surface area contributed by atoms with E-state index in [1.807, 2.05) is 0 Å². The summed E-state index contributed by atoms with van der Waals surface area (Å²) in [7, 11) is 1.34. The van der Waals surface area contributed by atoms with Gasteiger partial charge in [0.25, 0.3) is 5.88 Å². The van der Waals surface area contributed by atoms with Gasteiger partial charge in [0.05, 0.1) is 24.8 Å². The third kappa shape index (κ3) is 6.31. The molecule has 1 atom stereocenters. The molecule has 0 bridgehead atoms. The number of methoxy groups -OCH3 is 1. The zero-order chi connectivity index (χ0) is 28.0. The highest BCUT2D eigenvalue weighted by Crippen LogP contribution is 2.40. The summed E-state index contributed by atoms with van der Waals surface area (Å²) in [5.74, 6) is -1.69. The van der Waals surface area contributed by atoms with Crippen LogP contribution in [-0.2, 0) is 6.18 Å². The lowest BCUT2D eigenvalue weighted by atomic mass is 9.93. The molecule has 3 aromatic rings. The molecule has 3 rings (SSSR count). The molecule has 1 unspecified atom stereocenters. The fourth-order valence-electron chi connectivity index (χ4n) is 3.75. The monoisotopic (exact) mass is 534 g/mol. The Hall–Kier alpha value is -4.35. The molecule has 2 N–H and O–H groups in total. The number of carbonyl (C=O) groups excluding carboxylic acids is 2. The standard InChI is InChI=1S/C26H26F4N4O4/c1-5-8-16-9-7-10-19(23(16)26(28,29)30)17-11-12-18(20(27)13-17)15(3)31-25(36)34(6-2)32-24(35)21-14-22(37-4)33-38-21/h5,7-15H,6H2,1-4H3,(H,31,36)(H,32,35). The zero-order valence-corrected chi connectivity index (χ0v) is 21.0. The molecule has 1 aromatic heterocycles. The van der Waals surface area contributed by atoms with Crippen LogP contribution in [0.25, 0.3) is 17.2 Å². The summed E-state index contributed by atoms with van der Waals surface area (Å²) in [6, 6.07) is 7.36. The quantitative estimate of drug-likeness (QED) is 0.287. The van der Waals surface area contributed by atoms with Gasteiger partial charge in [-0.05, 0) is 48.7 Å². The molecule has 12 heteroatoms. The number of nitrogens with zero attached hydrogens (tertiary/aromatic N) is 2. The van der Waals surface area contributed by atoms with Crippen molar-refractivity contribution in [3.05, 3.63) is 76.8 Å². The van der Waals surface area contributed by atoms with E-state index in [0.717, 1.165) is 11.1 Å². The predicted molar refractivity (Wildman–Crippen MR) is 131 cm³/mol. The number of alkyl halides is 3. The second kappa shape index (κ2) is 11.8. The summed E-state index contributed by atoms with van der Waals surface area (Å²) in [5, 5.41) is 7.01. The van der Waals surface area contributed by atoms with Gasteiger partial charge in [-0.15, -0.1) is 0 Å². The molecule has 2 aromatic carbocycles. The first-order valence-corrected chi connectivity index (χ1v) is 11.5. The minimum atomic E-state index is -4.66. The lowest BCUT2D eigenvalue weighted by Crippen LogP contribution is -2.51. The van der Waals surface area contributed by atoms with Gasteiger partial charge in [0.2, 0.25) is 5.76 Å². The van der Waals surface area contributed by atoms with Crippen LogP contribution < -0.4 is 15.5 Å². The van der Waals surface area contributed by atoms with Crippen LogP contribution >= 0.6 is 0 Å². The molecule has 202 valence electrons. The highest BCUT2D eigenvalue weighted by Gasteiger charge is 2.36. The number of benzene rings is 2. The van der Waals surface area contributed by atoms with Crippen molar-refractivity contribution in [1.82, 2.24) is 20.9 Å². The Kier molecular flexibility index (Phi) is 8.76. The van der Waals surface area contributed by atoms with E-state index in [2.05, 4.69) is 15.9 Å². The van der Waals surface area contributed by atoms with Crippen LogP contribution in [0.15, 0.2) is 53.1 Å². The molecular weight excluding hydrogens is 508 g/mol. The maximum Gasteiger partial charge on any atom is 0.417 e. The van der Waals surface area contributed by atoms with Gasteiger partial charge in [0, 0.05) is 12.1 Å². The number of urea groups is 1. The number of rotatable bonds is 7. The number of allylic oxidation sites excluding steroid dienone is 1. The van der Waals surface area contributed by atoms with Gasteiger partial charge >= 0.3 is 18.1 Å². The number of carbonyl (C=O) groups is 2. The van der Waals surface area contributed by atoms with E-state index in [1.165, 1.54) is 62.6 Å². The van der Waals surface area contributed by atoms with Gasteiger partial charge < -0.3 is 14.6 Å². The van der Waals surface area contributed by atoms with Crippen LogP contribution in [0.3, 0.4) is 0 Å². The number of ether oxygens (including phenoxy) is 1. The van der Waals surface area contributed by atoms with Crippen molar-refractivity contribution < 1.29 is 36.4 Å². The van der Waals surface area contributed by atoms with Gasteiger partial charge in [-0.2, -0.15) is 13.2 Å². The molecule has 3 amide bonds. The van der Waals surface area contributed by atoms with Crippen LogP contribution in [0.1, 0.15) is 54.1 Å². The first-order chi connectivity index (χ1) is 18.0. The number of nitrogens with one attached hydrogen (secondary N) is 2. The summed E-state index contributed by atoms with van der Waals surface area (Å²) >= 11 is 0. The Morgan fingerprint density at radius 2 is 1.95 bits per heavy atom. The number of aromatic nitrogens is 1. The van der Waals surface area contributed by atoms with Crippen molar-refractivity contribution in [1.29, 1.82) is 0 Å². The lowest BCUT2D eigenvalue weighted by Gasteiger charge is -2.24. The second-order valence-corrected chi connectivity index (χ2v) is 8.09. The Morgan fingerprint density at radius 3 is 2.53 bits per heavy atom. The fraction of sp³-hybridized carbons (Fsp3) is 0.269. The van der Waals surface area contributed by atoms with Crippen molar-refractivity contribution in [3.63, 3.8) is 0 Å². The molecule has 0 saturated carbocycles. The first-order valence-electron chi connectivity index (χ1n) is 11.5. The van der Waals surface area contributed by atoms with Crippen molar-refractivity contribution in [3.8, 4) is 17.0 Å². The minimum absolute atomic E-state index is 0.0342. The van der Waals surface area contributed by atoms with Crippen LogP contribution in [0, 0.1) is 5.82 Å². The summed E-state index contributed by atoms with van der Waals surface area (Å²) in [5.41, 5.74) is 1.35. The molecule has 0 aliphatic rings. The SMILES string of the molecule is CC=Cc1cccc(-c2ccc(C(C)NC(=O)N(CC)NC(=O)c3cc(OC)no3)c(F)c2)c1C(F)(F)F. The average molecular weight is 535 g/mol. The van der Waals surface area contributed by atoms with E-state index in [1.54, 1.807) is 13.8 Å². The van der Waals surface area contributed by atoms with Crippen molar-refractivity contribution in [2.45, 2.75) is 33.0 Å². The van der Waals surface area contributed by atoms with Crippen molar-refractivity contribution in [2.75, 3.05) is 13.7 Å². The summed E-state index contributed by atoms with van der Waals surface area (Å²) in [6.45, 7) is 4.76. The fourth-order valence-corrected chi connectivity index (χ4v) is 3.75.